The summed E-state index contributed by atoms with van der Waals surface area (Å²) in [5.41, 5.74) is 0.668. The number of aromatic nitrogens is 3. The first kappa shape index (κ1) is 23.6. The van der Waals surface area contributed by atoms with E-state index in [2.05, 4.69) is 15.4 Å². The van der Waals surface area contributed by atoms with E-state index in [4.69, 9.17) is 0 Å². The second-order valence-corrected chi connectivity index (χ2v) is 10.2. The molecule has 3 fully saturated rings. The maximum atomic E-state index is 13.4. The number of piperidine rings is 1. The molecule has 1 N–H and O–H groups in total. The molecule has 1 aliphatic heterocycles. The van der Waals surface area contributed by atoms with Gasteiger partial charge in [0.2, 0.25) is 11.8 Å². The highest BCUT2D eigenvalue weighted by Gasteiger charge is 2.56. The number of pyridine rings is 1. The number of hydrogen-bond donors (Lipinski definition) is 1. The van der Waals surface area contributed by atoms with Gasteiger partial charge in [-0.25, -0.2) is 0 Å². The lowest BCUT2D eigenvalue weighted by atomic mass is 10.1. The third-order valence-electron chi connectivity index (χ3n) is 7.63. The number of amides is 2. The van der Waals surface area contributed by atoms with Crippen molar-refractivity contribution < 1.29 is 27.6 Å². The van der Waals surface area contributed by atoms with Crippen LogP contribution in [-0.2, 0) is 22.3 Å². The molecule has 1 aromatic carbocycles. The highest BCUT2D eigenvalue weighted by atomic mass is 19.4. The maximum absolute atomic E-state index is 13.4. The Morgan fingerprint density at radius 2 is 1.95 bits per heavy atom. The molecule has 8 nitrogen and oxygen atoms in total. The summed E-state index contributed by atoms with van der Waals surface area (Å²) in [6, 6.07) is 5.98. The highest BCUT2D eigenvalue weighted by Crippen LogP contribution is 2.49. The van der Waals surface area contributed by atoms with Gasteiger partial charge < -0.3 is 10.2 Å². The Kier molecular flexibility index (Phi) is 5.36. The Morgan fingerprint density at radius 3 is 2.70 bits per heavy atom. The Hall–Kier alpha value is -3.76. The summed E-state index contributed by atoms with van der Waals surface area (Å²) < 4.78 is 40.7. The second-order valence-electron chi connectivity index (χ2n) is 10.2. The van der Waals surface area contributed by atoms with E-state index in [1.54, 1.807) is 29.4 Å². The summed E-state index contributed by atoms with van der Waals surface area (Å²) >= 11 is 0. The molecule has 3 unspecified atom stereocenters. The number of alkyl halides is 3. The minimum Gasteiger partial charge on any atom is -0.351 e. The molecule has 5 atom stereocenters. The van der Waals surface area contributed by atoms with Gasteiger partial charge in [-0.15, -0.1) is 0 Å². The van der Waals surface area contributed by atoms with Gasteiger partial charge in [-0.1, -0.05) is 18.2 Å². The average Bonchev–Trinajstić information content (AvgIpc) is 3.74. The molecule has 0 bridgehead atoms. The quantitative estimate of drug-likeness (QED) is 0.513. The maximum Gasteiger partial charge on any atom is 0.416 e. The third-order valence-corrected chi connectivity index (χ3v) is 7.63. The number of nitrogens with zero attached hydrogens (tertiary/aromatic N) is 4. The smallest absolute Gasteiger partial charge is 0.351 e. The first-order valence-electron chi connectivity index (χ1n) is 12.2. The number of benzene rings is 1. The fourth-order valence-corrected chi connectivity index (χ4v) is 5.61. The van der Waals surface area contributed by atoms with E-state index in [1.165, 1.54) is 17.7 Å². The Morgan fingerprint density at radius 1 is 1.14 bits per heavy atom. The van der Waals surface area contributed by atoms with Gasteiger partial charge in [0, 0.05) is 36.5 Å². The first-order valence-corrected chi connectivity index (χ1v) is 12.2. The van der Waals surface area contributed by atoms with Crippen LogP contribution in [0.5, 0.6) is 0 Å². The highest BCUT2D eigenvalue weighted by molar-refractivity contribution is 6.04. The summed E-state index contributed by atoms with van der Waals surface area (Å²) in [5.74, 6) is -0.681. The van der Waals surface area contributed by atoms with Crippen molar-refractivity contribution >= 4 is 28.5 Å². The van der Waals surface area contributed by atoms with Crippen molar-refractivity contribution in [1.29, 1.82) is 0 Å². The van der Waals surface area contributed by atoms with E-state index >= 15 is 0 Å². The van der Waals surface area contributed by atoms with Gasteiger partial charge in [0.25, 0.3) is 0 Å². The third kappa shape index (κ3) is 4.25. The normalized spacial score (nSPS) is 26.2. The molecule has 0 radical (unpaired) electrons. The predicted octanol–water partition coefficient (Wildman–Crippen LogP) is 3.31. The van der Waals surface area contributed by atoms with Gasteiger partial charge in [-0.2, -0.15) is 18.3 Å². The van der Waals surface area contributed by atoms with Crippen molar-refractivity contribution in [1.82, 2.24) is 25.0 Å². The molecule has 11 heteroatoms. The average molecular weight is 512 g/mol. The fourth-order valence-electron chi connectivity index (χ4n) is 5.61. The zero-order valence-electron chi connectivity index (χ0n) is 19.9. The summed E-state index contributed by atoms with van der Waals surface area (Å²) in [4.78, 5) is 44.3. The lowest BCUT2D eigenvalue weighted by Gasteiger charge is -2.27. The zero-order valence-corrected chi connectivity index (χ0v) is 19.9. The number of carbonyl (C=O) groups excluding carboxylic acids is 3. The van der Waals surface area contributed by atoms with Crippen LogP contribution in [0.4, 0.5) is 13.2 Å². The summed E-state index contributed by atoms with van der Waals surface area (Å²) in [5, 5.41) is 7.90. The first-order chi connectivity index (χ1) is 17.6. The van der Waals surface area contributed by atoms with Gasteiger partial charge in [0.05, 0.1) is 17.3 Å². The van der Waals surface area contributed by atoms with Gasteiger partial charge >= 0.3 is 6.18 Å². The number of ketones is 1. The van der Waals surface area contributed by atoms with Crippen LogP contribution in [0.25, 0.3) is 10.9 Å². The lowest BCUT2D eigenvalue weighted by Crippen LogP contribution is -2.49. The molecule has 6 rings (SSSR count). The molecular formula is C26H24F3N5O3. The van der Waals surface area contributed by atoms with Crippen molar-refractivity contribution in [3.05, 3.63) is 59.5 Å². The van der Waals surface area contributed by atoms with Crippen molar-refractivity contribution in [3.8, 4) is 0 Å². The standard InChI is InChI=1S/C26H24F3N5O3/c1-13(35)24-17-5-6-30-11-22(17)33(32-24)12-23(36)34-20-8-15(20)9-21(34)25(37)31-19-10-18(19)14-3-2-4-16(7-14)26(27,28)29/h2-7,11,15,18-21H,8-10,12H2,1H3,(H,31,37)/t15-,18?,19?,20?,21+/m1/s1. The monoisotopic (exact) mass is 511 g/mol. The Labute approximate surface area is 209 Å². The molecular weight excluding hydrogens is 487 g/mol. The molecule has 0 spiro atoms. The minimum absolute atomic E-state index is 0.00561. The summed E-state index contributed by atoms with van der Waals surface area (Å²) in [6.45, 7) is 1.28. The molecule has 2 aliphatic carbocycles. The number of nitrogens with one attached hydrogen (secondary N) is 1. The van der Waals surface area contributed by atoms with Crippen LogP contribution in [0, 0.1) is 5.92 Å². The molecule has 37 heavy (non-hydrogen) atoms. The fraction of sp³-hybridized carbons (Fsp3) is 0.423. The van der Waals surface area contributed by atoms with Gasteiger partial charge in [0.1, 0.15) is 18.3 Å². The minimum atomic E-state index is -4.42. The van der Waals surface area contributed by atoms with Crippen molar-refractivity contribution in [2.24, 2.45) is 5.92 Å². The van der Waals surface area contributed by atoms with Crippen LogP contribution in [0.3, 0.4) is 0 Å². The number of rotatable bonds is 6. The summed E-state index contributed by atoms with van der Waals surface area (Å²) in [7, 11) is 0. The number of fused-ring (bicyclic) bond motifs is 2. The van der Waals surface area contributed by atoms with Crippen LogP contribution in [0.2, 0.25) is 0 Å². The van der Waals surface area contributed by atoms with E-state index < -0.39 is 17.8 Å². The van der Waals surface area contributed by atoms with Crippen molar-refractivity contribution in [2.45, 2.75) is 63.0 Å². The van der Waals surface area contributed by atoms with E-state index in [-0.39, 0.29) is 53.8 Å². The zero-order chi connectivity index (χ0) is 26.1. The number of carbonyl (C=O) groups is 3. The van der Waals surface area contributed by atoms with Crippen LogP contribution >= 0.6 is 0 Å². The van der Waals surface area contributed by atoms with Crippen LogP contribution < -0.4 is 5.32 Å². The number of hydrogen-bond acceptors (Lipinski definition) is 5. The molecule has 2 amide bonds. The van der Waals surface area contributed by atoms with Crippen molar-refractivity contribution in [3.63, 3.8) is 0 Å². The van der Waals surface area contributed by atoms with Crippen LogP contribution in [0.1, 0.15) is 53.7 Å². The lowest BCUT2D eigenvalue weighted by molar-refractivity contribution is -0.140. The Bertz CT molecular complexity index is 1430. The van der Waals surface area contributed by atoms with E-state index in [9.17, 15) is 27.6 Å². The largest absolute Gasteiger partial charge is 0.416 e. The SMILES string of the molecule is CC(=O)c1nn(CC(=O)N2C3C[C@@H]3C[C@H]2C(=O)NC2CC2c2cccc(C(F)(F)F)c2)c2cnccc12. The molecule has 3 heterocycles. The van der Waals surface area contributed by atoms with Crippen LogP contribution in [-0.4, -0.2) is 55.4 Å². The number of likely N-dealkylation sites (tertiary alicyclic amines) is 1. The van der Waals surface area contributed by atoms with E-state index in [0.717, 1.165) is 18.6 Å². The molecule has 192 valence electrons. The van der Waals surface area contributed by atoms with Crippen LogP contribution in [0.15, 0.2) is 42.7 Å². The summed E-state index contributed by atoms with van der Waals surface area (Å²) in [6.07, 6.45) is 0.645. The number of halogens is 3. The molecule has 3 aliphatic rings. The van der Waals surface area contributed by atoms with E-state index in [0.29, 0.717) is 29.3 Å². The van der Waals surface area contributed by atoms with Crippen molar-refractivity contribution in [2.75, 3.05) is 0 Å². The van der Waals surface area contributed by atoms with E-state index in [1.807, 2.05) is 0 Å². The van der Waals surface area contributed by atoms with Gasteiger partial charge in [-0.3, -0.25) is 24.0 Å². The van der Waals surface area contributed by atoms with Gasteiger partial charge in [0.15, 0.2) is 5.78 Å². The molecule has 1 saturated heterocycles. The topological polar surface area (TPSA) is 97.2 Å². The molecule has 3 aromatic rings. The molecule has 2 saturated carbocycles. The second kappa shape index (κ2) is 8.39. The number of Topliss-reactive ketones (excluding diaryl/α,β-unsaturated/α-hetero) is 1. The predicted molar refractivity (Wildman–Crippen MR) is 125 cm³/mol. The van der Waals surface area contributed by atoms with Gasteiger partial charge in [-0.05, 0) is 42.9 Å². The molecule has 2 aromatic heterocycles. The Balaban J connectivity index is 1.15.